The number of hydrogen-bond acceptors (Lipinski definition) is 3. The van der Waals surface area contributed by atoms with Gasteiger partial charge >= 0.3 is 0 Å². The Balaban J connectivity index is 0.00000200. The lowest BCUT2D eigenvalue weighted by Gasteiger charge is -2.12. The summed E-state index contributed by atoms with van der Waals surface area (Å²) in [7, 11) is -4.04. The average molecular weight is 392 g/mol. The molecular weight excluding hydrogens is 378 g/mol. The van der Waals surface area contributed by atoms with Crippen LogP contribution in [0.3, 0.4) is 0 Å². The van der Waals surface area contributed by atoms with Gasteiger partial charge in [0, 0.05) is 12.6 Å². The molecule has 4 nitrogen and oxygen atoms in total. The summed E-state index contributed by atoms with van der Waals surface area (Å²) in [4.78, 5) is -0.675. The van der Waals surface area contributed by atoms with Crippen molar-refractivity contribution in [2.75, 3.05) is 13.1 Å². The number of nitrogens with one attached hydrogen (secondary N) is 2. The third-order valence-electron chi connectivity index (χ3n) is 2.95. The summed E-state index contributed by atoms with van der Waals surface area (Å²) in [6, 6.07) is 1.51. The highest BCUT2D eigenvalue weighted by Crippen LogP contribution is 2.23. The highest BCUT2D eigenvalue weighted by atomic mass is 79.9. The van der Waals surface area contributed by atoms with Crippen molar-refractivity contribution in [3.05, 3.63) is 28.2 Å². The van der Waals surface area contributed by atoms with E-state index in [0.717, 1.165) is 25.5 Å². The zero-order chi connectivity index (χ0) is 14.0. The molecular formula is C11H14BrClF2N2O2S. The number of rotatable bonds is 4. The Morgan fingerprint density at radius 2 is 2.05 bits per heavy atom. The molecule has 1 aromatic rings. The Labute approximate surface area is 130 Å². The van der Waals surface area contributed by atoms with E-state index >= 15 is 0 Å². The molecule has 2 N–H and O–H groups in total. The monoisotopic (exact) mass is 390 g/mol. The van der Waals surface area contributed by atoms with Crippen LogP contribution >= 0.6 is 28.3 Å². The van der Waals surface area contributed by atoms with Gasteiger partial charge in [0.1, 0.15) is 16.5 Å². The van der Waals surface area contributed by atoms with Crippen molar-refractivity contribution in [3.63, 3.8) is 0 Å². The van der Waals surface area contributed by atoms with Gasteiger partial charge in [-0.15, -0.1) is 12.4 Å². The molecule has 1 aliphatic heterocycles. The van der Waals surface area contributed by atoms with Gasteiger partial charge in [-0.3, -0.25) is 0 Å². The first-order valence-electron chi connectivity index (χ1n) is 5.78. The van der Waals surface area contributed by atoms with Gasteiger partial charge in [-0.2, -0.15) is 0 Å². The van der Waals surface area contributed by atoms with Gasteiger partial charge in [0.05, 0.1) is 4.47 Å². The van der Waals surface area contributed by atoms with Crippen molar-refractivity contribution in [2.24, 2.45) is 0 Å². The molecule has 1 heterocycles. The highest BCUT2D eigenvalue weighted by molar-refractivity contribution is 9.10. The maximum Gasteiger partial charge on any atom is 0.243 e. The lowest BCUT2D eigenvalue weighted by atomic mass is 10.2. The van der Waals surface area contributed by atoms with Crippen molar-refractivity contribution in [2.45, 2.75) is 23.8 Å². The number of halogens is 4. The molecule has 1 aliphatic rings. The van der Waals surface area contributed by atoms with Crippen molar-refractivity contribution >= 4 is 38.4 Å². The van der Waals surface area contributed by atoms with Crippen LogP contribution in [-0.4, -0.2) is 27.5 Å². The van der Waals surface area contributed by atoms with E-state index in [2.05, 4.69) is 26.0 Å². The second-order valence-electron chi connectivity index (χ2n) is 4.34. The van der Waals surface area contributed by atoms with Gasteiger partial charge in [0.2, 0.25) is 10.0 Å². The van der Waals surface area contributed by atoms with E-state index in [1.165, 1.54) is 0 Å². The fraction of sp³-hybridized carbons (Fsp3) is 0.455. The molecule has 0 aliphatic carbocycles. The Morgan fingerprint density at radius 3 is 2.65 bits per heavy atom. The average Bonchev–Trinajstić information content (AvgIpc) is 2.84. The molecule has 0 spiro atoms. The zero-order valence-corrected chi connectivity index (χ0v) is 13.5. The molecule has 9 heteroatoms. The van der Waals surface area contributed by atoms with Crippen LogP contribution in [0.25, 0.3) is 0 Å². The second-order valence-corrected chi connectivity index (χ2v) is 6.93. The molecule has 1 saturated heterocycles. The molecule has 20 heavy (non-hydrogen) atoms. The van der Waals surface area contributed by atoms with Gasteiger partial charge in [-0.05, 0) is 47.4 Å². The Morgan fingerprint density at radius 1 is 1.35 bits per heavy atom. The second kappa shape index (κ2) is 7.13. The largest absolute Gasteiger partial charge is 0.313 e. The summed E-state index contributed by atoms with van der Waals surface area (Å²) < 4.78 is 52.9. The summed E-state index contributed by atoms with van der Waals surface area (Å²) in [5, 5.41) is 3.11. The zero-order valence-electron chi connectivity index (χ0n) is 10.3. The standard InChI is InChI=1S/C11H13BrF2N2O2S.ClH/c12-8-4-10(14)11(5-9(8)13)19(17,18)16-6-7-2-1-3-15-7;/h4-5,7,15-16H,1-3,6H2;1H. The van der Waals surface area contributed by atoms with Crippen LogP contribution in [0.15, 0.2) is 21.5 Å². The summed E-state index contributed by atoms with van der Waals surface area (Å²) in [6.45, 7) is 1.01. The normalized spacial score (nSPS) is 18.9. The minimum absolute atomic E-state index is 0. The van der Waals surface area contributed by atoms with E-state index < -0.39 is 26.6 Å². The van der Waals surface area contributed by atoms with Crippen LogP contribution in [0.4, 0.5) is 8.78 Å². The summed E-state index contributed by atoms with van der Waals surface area (Å²) >= 11 is 2.80. The first kappa shape index (κ1) is 17.8. The van der Waals surface area contributed by atoms with Gasteiger partial charge in [-0.25, -0.2) is 21.9 Å². The van der Waals surface area contributed by atoms with Gasteiger partial charge in [0.25, 0.3) is 0 Å². The Hall–Kier alpha value is -0.280. The van der Waals surface area contributed by atoms with Crippen LogP contribution in [0.5, 0.6) is 0 Å². The van der Waals surface area contributed by atoms with E-state index in [0.29, 0.717) is 6.07 Å². The van der Waals surface area contributed by atoms with Crippen molar-refractivity contribution < 1.29 is 17.2 Å². The lowest BCUT2D eigenvalue weighted by Crippen LogP contribution is -2.37. The first-order valence-corrected chi connectivity index (χ1v) is 8.05. The minimum Gasteiger partial charge on any atom is -0.313 e. The SMILES string of the molecule is Cl.O=S(=O)(NCC1CCCN1)c1cc(F)c(Br)cc1F. The highest BCUT2D eigenvalue weighted by Gasteiger charge is 2.23. The predicted octanol–water partition coefficient (Wildman–Crippen LogP) is 2.18. The molecule has 0 radical (unpaired) electrons. The van der Waals surface area contributed by atoms with Gasteiger partial charge in [-0.1, -0.05) is 0 Å². The summed E-state index contributed by atoms with van der Waals surface area (Å²) in [5.41, 5.74) is 0. The number of hydrogen-bond donors (Lipinski definition) is 2. The van der Waals surface area contributed by atoms with Crippen LogP contribution in [0.2, 0.25) is 0 Å². The molecule has 1 atom stereocenters. The van der Waals surface area contributed by atoms with E-state index in [4.69, 9.17) is 0 Å². The maximum atomic E-state index is 13.6. The van der Waals surface area contributed by atoms with E-state index in [9.17, 15) is 17.2 Å². The van der Waals surface area contributed by atoms with Crippen LogP contribution in [0, 0.1) is 11.6 Å². The molecule has 1 unspecified atom stereocenters. The summed E-state index contributed by atoms with van der Waals surface area (Å²) in [5.74, 6) is -1.80. The minimum atomic E-state index is -4.04. The quantitative estimate of drug-likeness (QED) is 0.774. The number of benzene rings is 1. The van der Waals surface area contributed by atoms with Crippen molar-refractivity contribution in [3.8, 4) is 0 Å². The first-order chi connectivity index (χ1) is 8.90. The van der Waals surface area contributed by atoms with E-state index in [-0.39, 0.29) is 29.5 Å². The lowest BCUT2D eigenvalue weighted by molar-refractivity contribution is 0.531. The molecule has 0 bridgehead atoms. The van der Waals surface area contributed by atoms with Gasteiger partial charge < -0.3 is 5.32 Å². The molecule has 1 aromatic carbocycles. The van der Waals surface area contributed by atoms with Crippen molar-refractivity contribution in [1.29, 1.82) is 0 Å². The van der Waals surface area contributed by atoms with E-state index in [1.54, 1.807) is 0 Å². The molecule has 2 rings (SSSR count). The molecule has 114 valence electrons. The Kier molecular flexibility index (Phi) is 6.33. The number of sulfonamides is 1. The van der Waals surface area contributed by atoms with Crippen LogP contribution in [0.1, 0.15) is 12.8 Å². The summed E-state index contributed by atoms with van der Waals surface area (Å²) in [6.07, 6.45) is 1.84. The molecule has 0 saturated carbocycles. The Bertz CT molecular complexity index is 580. The van der Waals surface area contributed by atoms with Crippen molar-refractivity contribution in [1.82, 2.24) is 10.0 Å². The smallest absolute Gasteiger partial charge is 0.243 e. The molecule has 1 fully saturated rings. The molecule has 0 aromatic heterocycles. The maximum absolute atomic E-state index is 13.6. The van der Waals surface area contributed by atoms with E-state index in [1.807, 2.05) is 0 Å². The topological polar surface area (TPSA) is 58.2 Å². The fourth-order valence-corrected chi connectivity index (χ4v) is 3.40. The van der Waals surface area contributed by atoms with Crippen LogP contribution in [-0.2, 0) is 10.0 Å². The third-order valence-corrected chi connectivity index (χ3v) is 4.99. The predicted molar refractivity (Wildman–Crippen MR) is 77.5 cm³/mol. The molecule has 0 amide bonds. The fourth-order valence-electron chi connectivity index (χ4n) is 1.93. The van der Waals surface area contributed by atoms with Gasteiger partial charge in [0.15, 0.2) is 0 Å². The van der Waals surface area contributed by atoms with Crippen LogP contribution < -0.4 is 10.0 Å². The third kappa shape index (κ3) is 4.11.